The van der Waals surface area contributed by atoms with Gasteiger partial charge in [0.05, 0.1) is 0 Å². The molecule has 0 fully saturated rings. The third-order valence-electron chi connectivity index (χ3n) is 2.00. The maximum absolute atomic E-state index is 3.82. The topological polar surface area (TPSA) is 3.24 Å². The largest absolute Gasteiger partial charge is 0.383 e. The molecule has 14 heavy (non-hydrogen) atoms. The monoisotopic (exact) mass is 187 g/mol. The number of benzene rings is 1. The Morgan fingerprint density at radius 2 is 1.79 bits per heavy atom. The minimum absolute atomic E-state index is 1.15. The molecule has 1 nitrogen and oxygen atoms in total. The van der Waals surface area contributed by atoms with E-state index in [2.05, 4.69) is 44.0 Å². The molecule has 1 rings (SSSR count). The van der Waals surface area contributed by atoms with Crippen molar-refractivity contribution >= 4 is 5.57 Å². The first-order valence-corrected chi connectivity index (χ1v) is 4.71. The van der Waals surface area contributed by atoms with Crippen molar-refractivity contribution in [3.63, 3.8) is 0 Å². The van der Waals surface area contributed by atoms with E-state index in [0.29, 0.717) is 0 Å². The van der Waals surface area contributed by atoms with Crippen molar-refractivity contribution in [3.05, 3.63) is 54.2 Å². The van der Waals surface area contributed by atoms with E-state index in [9.17, 15) is 0 Å². The van der Waals surface area contributed by atoms with Crippen LogP contribution in [0, 0.1) is 6.92 Å². The fourth-order valence-electron chi connectivity index (χ4n) is 1.27. The molecule has 0 heterocycles. The van der Waals surface area contributed by atoms with Crippen LogP contribution in [0.15, 0.2) is 43.1 Å². The molecule has 0 aliphatic carbocycles. The fourth-order valence-corrected chi connectivity index (χ4v) is 1.27. The fraction of sp³-hybridized carbons (Fsp3) is 0.231. The van der Waals surface area contributed by atoms with Crippen LogP contribution in [0.3, 0.4) is 0 Å². The summed E-state index contributed by atoms with van der Waals surface area (Å²) in [6.07, 6.45) is 3.95. The lowest BCUT2D eigenvalue weighted by Gasteiger charge is -2.09. The molecule has 0 saturated carbocycles. The Bertz CT molecular complexity index is 331. The quantitative estimate of drug-likeness (QED) is 0.657. The molecule has 74 valence electrons. The molecule has 1 heteroatoms. The maximum atomic E-state index is 3.82. The molecule has 1 aromatic carbocycles. The van der Waals surface area contributed by atoms with Crippen LogP contribution >= 0.6 is 0 Å². The number of rotatable bonds is 3. The van der Waals surface area contributed by atoms with Crippen molar-refractivity contribution in [2.45, 2.75) is 6.92 Å². The van der Waals surface area contributed by atoms with Gasteiger partial charge in [0.25, 0.3) is 0 Å². The SMILES string of the molecule is C=C/C(=C\N(C)C)c1ccc(C)cc1. The molecule has 0 radical (unpaired) electrons. The van der Waals surface area contributed by atoms with Crippen molar-refractivity contribution in [3.8, 4) is 0 Å². The summed E-state index contributed by atoms with van der Waals surface area (Å²) in [5, 5.41) is 0. The van der Waals surface area contributed by atoms with Crippen LogP contribution in [-0.2, 0) is 0 Å². The number of aryl methyl sites for hydroxylation is 1. The molecule has 0 bridgehead atoms. The molecule has 0 aliphatic heterocycles. The molecule has 0 atom stereocenters. The van der Waals surface area contributed by atoms with Crippen LogP contribution in [0.2, 0.25) is 0 Å². The smallest absolute Gasteiger partial charge is 0.00645 e. The third-order valence-corrected chi connectivity index (χ3v) is 2.00. The Balaban J connectivity index is 3.01. The van der Waals surface area contributed by atoms with Gasteiger partial charge in [-0.25, -0.2) is 0 Å². The predicted octanol–water partition coefficient (Wildman–Crippen LogP) is 3.08. The van der Waals surface area contributed by atoms with Crippen LogP contribution in [-0.4, -0.2) is 19.0 Å². The summed E-state index contributed by atoms with van der Waals surface area (Å²) in [6, 6.07) is 8.46. The third kappa shape index (κ3) is 2.77. The van der Waals surface area contributed by atoms with Gasteiger partial charge in [0, 0.05) is 20.3 Å². The normalized spacial score (nSPS) is 11.2. The van der Waals surface area contributed by atoms with Gasteiger partial charge in [-0.1, -0.05) is 42.5 Å². The van der Waals surface area contributed by atoms with Gasteiger partial charge >= 0.3 is 0 Å². The highest BCUT2D eigenvalue weighted by molar-refractivity contribution is 5.73. The van der Waals surface area contributed by atoms with Crippen LogP contribution in [0.4, 0.5) is 0 Å². The Hall–Kier alpha value is -1.50. The van der Waals surface area contributed by atoms with Gasteiger partial charge in [-0.2, -0.15) is 0 Å². The zero-order chi connectivity index (χ0) is 10.6. The Morgan fingerprint density at radius 3 is 2.21 bits per heavy atom. The van der Waals surface area contributed by atoms with Crippen molar-refractivity contribution in [1.82, 2.24) is 4.90 Å². The summed E-state index contributed by atoms with van der Waals surface area (Å²) >= 11 is 0. The van der Waals surface area contributed by atoms with Gasteiger partial charge in [0.2, 0.25) is 0 Å². The first-order valence-electron chi connectivity index (χ1n) is 4.71. The minimum Gasteiger partial charge on any atom is -0.383 e. The van der Waals surface area contributed by atoms with Crippen LogP contribution < -0.4 is 0 Å². The van der Waals surface area contributed by atoms with E-state index in [1.54, 1.807) is 0 Å². The Labute approximate surface area is 86.4 Å². The van der Waals surface area contributed by atoms with E-state index in [-0.39, 0.29) is 0 Å². The number of allylic oxidation sites excluding steroid dienone is 2. The molecule has 0 saturated heterocycles. The predicted molar refractivity (Wildman–Crippen MR) is 63.0 cm³/mol. The van der Waals surface area contributed by atoms with Crippen molar-refractivity contribution in [2.24, 2.45) is 0 Å². The molecule has 0 spiro atoms. The highest BCUT2D eigenvalue weighted by Gasteiger charge is 1.96. The molecule has 0 unspecified atom stereocenters. The van der Waals surface area contributed by atoms with Crippen molar-refractivity contribution in [2.75, 3.05) is 14.1 Å². The van der Waals surface area contributed by atoms with Gasteiger partial charge < -0.3 is 4.90 Å². The summed E-state index contributed by atoms with van der Waals surface area (Å²) in [4.78, 5) is 2.02. The van der Waals surface area contributed by atoms with E-state index in [0.717, 1.165) is 5.57 Å². The van der Waals surface area contributed by atoms with Crippen LogP contribution in [0.25, 0.3) is 5.57 Å². The highest BCUT2D eigenvalue weighted by Crippen LogP contribution is 2.16. The van der Waals surface area contributed by atoms with E-state index in [4.69, 9.17) is 0 Å². The van der Waals surface area contributed by atoms with E-state index in [1.165, 1.54) is 11.1 Å². The van der Waals surface area contributed by atoms with Crippen LogP contribution in [0.1, 0.15) is 11.1 Å². The van der Waals surface area contributed by atoms with E-state index >= 15 is 0 Å². The summed E-state index contributed by atoms with van der Waals surface area (Å²) in [7, 11) is 4.02. The average molecular weight is 187 g/mol. The molecular formula is C13H17N. The Kier molecular flexibility index (Phi) is 3.52. The first-order chi connectivity index (χ1) is 6.63. The molecule has 0 amide bonds. The van der Waals surface area contributed by atoms with Gasteiger partial charge in [-0.05, 0) is 18.1 Å². The summed E-state index contributed by atoms with van der Waals surface area (Å²) < 4.78 is 0. The lowest BCUT2D eigenvalue weighted by atomic mass is 10.1. The van der Waals surface area contributed by atoms with Gasteiger partial charge in [0.15, 0.2) is 0 Å². The molecule has 0 aromatic heterocycles. The minimum atomic E-state index is 1.15. The van der Waals surface area contributed by atoms with Crippen molar-refractivity contribution < 1.29 is 0 Å². The molecule has 1 aromatic rings. The van der Waals surface area contributed by atoms with Crippen molar-refractivity contribution in [1.29, 1.82) is 0 Å². The van der Waals surface area contributed by atoms with E-state index in [1.807, 2.05) is 25.1 Å². The second-order valence-electron chi connectivity index (χ2n) is 3.62. The van der Waals surface area contributed by atoms with Gasteiger partial charge in [-0.15, -0.1) is 0 Å². The molecule has 0 aliphatic rings. The molecule has 0 N–H and O–H groups in total. The summed E-state index contributed by atoms with van der Waals surface area (Å²) in [5.74, 6) is 0. The zero-order valence-corrected chi connectivity index (χ0v) is 9.12. The number of hydrogen-bond donors (Lipinski definition) is 0. The first kappa shape index (κ1) is 10.6. The zero-order valence-electron chi connectivity index (χ0n) is 9.12. The lowest BCUT2D eigenvalue weighted by molar-refractivity contribution is 0.566. The standard InChI is InChI=1S/C13H17N/c1-5-12(10-14(3)4)13-8-6-11(2)7-9-13/h5-10H,1H2,2-4H3/b12-10+. The number of nitrogens with zero attached hydrogens (tertiary/aromatic N) is 1. The average Bonchev–Trinajstić information content (AvgIpc) is 2.15. The maximum Gasteiger partial charge on any atom is 0.00645 e. The molecular weight excluding hydrogens is 170 g/mol. The summed E-state index contributed by atoms with van der Waals surface area (Å²) in [6.45, 7) is 5.91. The van der Waals surface area contributed by atoms with E-state index < -0.39 is 0 Å². The van der Waals surface area contributed by atoms with Crippen LogP contribution in [0.5, 0.6) is 0 Å². The summed E-state index contributed by atoms with van der Waals surface area (Å²) in [5.41, 5.74) is 3.64. The Morgan fingerprint density at radius 1 is 1.21 bits per heavy atom. The van der Waals surface area contributed by atoms with Gasteiger partial charge in [-0.3, -0.25) is 0 Å². The highest BCUT2D eigenvalue weighted by atomic mass is 15.0. The second-order valence-corrected chi connectivity index (χ2v) is 3.62. The lowest BCUT2D eigenvalue weighted by Crippen LogP contribution is -2.01. The van der Waals surface area contributed by atoms with Gasteiger partial charge in [0.1, 0.15) is 0 Å². The second kappa shape index (κ2) is 4.66. The number of hydrogen-bond acceptors (Lipinski definition) is 1.